The monoisotopic (exact) mass is 650 g/mol. The van der Waals surface area contributed by atoms with Crippen molar-refractivity contribution in [2.45, 2.75) is 13.8 Å². The minimum atomic E-state index is 0.411. The molecule has 166 valence electrons. The lowest BCUT2D eigenvalue weighted by Gasteiger charge is -2.16. The largest absolute Gasteiger partial charge is 0.298 e. The van der Waals surface area contributed by atoms with E-state index in [0.717, 1.165) is 28.5 Å². The fraction of sp³-hybridized carbons (Fsp3) is 0.0833. The molecule has 4 aromatic rings. The Hall–Kier alpha value is -1.07. The van der Waals surface area contributed by atoms with Gasteiger partial charge in [-0.1, -0.05) is 12.2 Å². The van der Waals surface area contributed by atoms with Gasteiger partial charge in [-0.15, -0.1) is 45.3 Å². The number of thiol groups is 1. The van der Waals surface area contributed by atoms with Gasteiger partial charge in [-0.25, -0.2) is 4.40 Å². The van der Waals surface area contributed by atoms with Gasteiger partial charge in [0.25, 0.3) is 0 Å². The van der Waals surface area contributed by atoms with Crippen LogP contribution in [0, 0.1) is 19.3 Å². The maximum Gasteiger partial charge on any atom is 0.105 e. The Morgan fingerprint density at radius 2 is 1.21 bits per heavy atom. The molecule has 0 saturated heterocycles. The molecule has 0 amide bonds. The van der Waals surface area contributed by atoms with Crippen molar-refractivity contribution in [1.29, 1.82) is 5.41 Å². The van der Waals surface area contributed by atoms with Gasteiger partial charge in [0.1, 0.15) is 5.71 Å². The van der Waals surface area contributed by atoms with Crippen molar-refractivity contribution >= 4 is 113 Å². The molecule has 1 aliphatic carbocycles. The van der Waals surface area contributed by atoms with Crippen LogP contribution in [0.4, 0.5) is 0 Å². The first kappa shape index (κ1) is 23.7. The van der Waals surface area contributed by atoms with Gasteiger partial charge >= 0.3 is 0 Å². The van der Waals surface area contributed by atoms with Crippen LogP contribution in [-0.2, 0) is 0 Å². The fourth-order valence-corrected chi connectivity index (χ4v) is 9.42. The Morgan fingerprint density at radius 1 is 0.727 bits per heavy atom. The number of hydrogen-bond acceptors (Lipinski definition) is 7. The van der Waals surface area contributed by atoms with Gasteiger partial charge in [0.2, 0.25) is 0 Å². The third-order valence-corrected chi connectivity index (χ3v) is 11.6. The van der Waals surface area contributed by atoms with E-state index in [1.165, 1.54) is 30.6 Å². The first-order valence-corrected chi connectivity index (χ1v) is 15.1. The maximum absolute atomic E-state index is 8.95. The first-order valence-electron chi connectivity index (χ1n) is 9.82. The molecule has 9 heteroatoms. The van der Waals surface area contributed by atoms with E-state index in [1.54, 1.807) is 45.3 Å². The van der Waals surface area contributed by atoms with Crippen molar-refractivity contribution in [2.24, 2.45) is 4.40 Å². The van der Waals surface area contributed by atoms with Crippen molar-refractivity contribution in [3.63, 3.8) is 0 Å². The molecule has 5 rings (SSSR count). The Morgan fingerprint density at radius 3 is 1.67 bits per heavy atom. The Bertz CT molecular complexity index is 1490. The normalized spacial score (nSPS) is 15.3. The number of thiophene rings is 4. The smallest absolute Gasteiger partial charge is 0.105 e. The molecule has 0 bridgehead atoms. The summed E-state index contributed by atoms with van der Waals surface area (Å²) in [6.07, 6.45) is 4.13. The molecule has 0 spiro atoms. The summed E-state index contributed by atoms with van der Waals surface area (Å²) >= 11 is 18.3. The van der Waals surface area contributed by atoms with Crippen LogP contribution >= 0.6 is 90.0 Å². The Balaban J connectivity index is 1.54. The van der Waals surface area contributed by atoms with Crippen molar-refractivity contribution in [3.05, 3.63) is 77.0 Å². The highest BCUT2D eigenvalue weighted by atomic mass is 79.9. The molecule has 33 heavy (non-hydrogen) atoms. The maximum atomic E-state index is 8.95. The van der Waals surface area contributed by atoms with E-state index in [0.29, 0.717) is 11.4 Å². The summed E-state index contributed by atoms with van der Waals surface area (Å²) in [7, 11) is 0. The number of nitrogens with one attached hydrogen (secondary N) is 1. The predicted octanol–water partition coefficient (Wildman–Crippen LogP) is 10.2. The number of halogens is 2. The minimum Gasteiger partial charge on any atom is -0.298 e. The molecule has 1 aliphatic rings. The molecular formula is C24H16Br2N2S5. The zero-order valence-corrected chi connectivity index (χ0v) is 24.7. The fourth-order valence-electron chi connectivity index (χ4n) is 3.69. The van der Waals surface area contributed by atoms with Crippen LogP contribution < -0.4 is 0 Å². The van der Waals surface area contributed by atoms with E-state index in [1.807, 2.05) is 0 Å². The van der Waals surface area contributed by atoms with Crippen LogP contribution in [0.1, 0.15) is 20.9 Å². The van der Waals surface area contributed by atoms with Crippen LogP contribution in [0.15, 0.2) is 60.5 Å². The highest BCUT2D eigenvalue weighted by Crippen LogP contribution is 2.44. The van der Waals surface area contributed by atoms with Gasteiger partial charge in [0.05, 0.1) is 13.3 Å². The number of aryl methyl sites for hydroxylation is 2. The van der Waals surface area contributed by atoms with E-state index in [4.69, 9.17) is 5.41 Å². The molecule has 0 atom stereocenters. The second-order valence-electron chi connectivity index (χ2n) is 7.44. The van der Waals surface area contributed by atoms with Crippen LogP contribution in [0.2, 0.25) is 0 Å². The average Bonchev–Trinajstić information content (AvgIpc) is 3.55. The third-order valence-electron chi connectivity index (χ3n) is 5.24. The van der Waals surface area contributed by atoms with Gasteiger partial charge in [-0.05, 0) is 106 Å². The van der Waals surface area contributed by atoms with Crippen molar-refractivity contribution in [1.82, 2.24) is 0 Å². The Labute approximate surface area is 230 Å². The number of allylic oxidation sites excluding steroid dienone is 4. The number of nitrogens with zero attached hydrogens (tertiary/aromatic N) is 1. The first-order chi connectivity index (χ1) is 15.9. The molecule has 2 nitrogen and oxygen atoms in total. The molecule has 0 unspecified atom stereocenters. The second-order valence-corrected chi connectivity index (χ2v) is 14.7. The average molecular weight is 653 g/mol. The molecule has 0 fully saturated rings. The lowest BCUT2D eigenvalue weighted by molar-refractivity contribution is 1.52. The van der Waals surface area contributed by atoms with Gasteiger partial charge in [0.15, 0.2) is 0 Å². The molecule has 0 radical (unpaired) electrons. The number of hydrogen-bond donors (Lipinski definition) is 2. The van der Waals surface area contributed by atoms with Gasteiger partial charge in [-0.3, -0.25) is 5.41 Å². The summed E-state index contributed by atoms with van der Waals surface area (Å²) in [6, 6.07) is 12.8. The summed E-state index contributed by atoms with van der Waals surface area (Å²) in [6.45, 7) is 4.26. The van der Waals surface area contributed by atoms with E-state index >= 15 is 0 Å². The van der Waals surface area contributed by atoms with E-state index in [-0.39, 0.29) is 0 Å². The third kappa shape index (κ3) is 4.49. The summed E-state index contributed by atoms with van der Waals surface area (Å²) in [5, 5.41) is 8.95. The van der Waals surface area contributed by atoms with Gasteiger partial charge < -0.3 is 0 Å². The quantitative estimate of drug-likeness (QED) is 0.163. The molecule has 1 N–H and O–H groups in total. The van der Waals surface area contributed by atoms with Crippen molar-refractivity contribution in [2.75, 3.05) is 0 Å². The molecular weight excluding hydrogens is 636 g/mol. The highest BCUT2D eigenvalue weighted by molar-refractivity contribution is 9.11. The van der Waals surface area contributed by atoms with E-state index in [2.05, 4.69) is 111 Å². The highest BCUT2D eigenvalue weighted by Gasteiger charge is 2.26. The summed E-state index contributed by atoms with van der Waals surface area (Å²) < 4.78 is 6.49. The topological polar surface area (TPSA) is 36.2 Å². The van der Waals surface area contributed by atoms with Crippen LogP contribution in [0.3, 0.4) is 0 Å². The molecule has 4 heterocycles. The zero-order chi connectivity index (χ0) is 23.3. The van der Waals surface area contributed by atoms with Crippen LogP contribution in [0.5, 0.6) is 0 Å². The minimum absolute atomic E-state index is 0.411. The summed E-state index contributed by atoms with van der Waals surface area (Å²) in [5.41, 5.74) is 5.31. The lowest BCUT2D eigenvalue weighted by atomic mass is 9.92. The predicted molar refractivity (Wildman–Crippen MR) is 160 cm³/mol. The van der Waals surface area contributed by atoms with E-state index in [9.17, 15) is 0 Å². The standard InChI is InChI=1S/C24H16Br2N2S5/c1-11-9-17(32-23(11)15-5-7-19(25)30-15)13-3-4-14(22(28-29)21(13)27)18-10-12(2)24(33-18)16-6-8-20(26)31-16/h3-10,27,29H,1-2H3/b27-21?,28-22-. The molecule has 0 saturated carbocycles. The van der Waals surface area contributed by atoms with Gasteiger partial charge in [-0.2, -0.15) is 0 Å². The summed E-state index contributed by atoms with van der Waals surface area (Å²) in [4.78, 5) is 7.15. The molecule has 0 aliphatic heterocycles. The van der Waals surface area contributed by atoms with Crippen molar-refractivity contribution < 1.29 is 0 Å². The lowest BCUT2D eigenvalue weighted by Crippen LogP contribution is -2.18. The van der Waals surface area contributed by atoms with Crippen LogP contribution in [0.25, 0.3) is 30.7 Å². The SMILES string of the molecule is Cc1cc(C2=CC=C(c3cc(C)c(-c4ccc(Br)s4)s3)/C(=N/S)C2=N)sc1-c1ccc(Br)s1. The summed E-state index contributed by atoms with van der Waals surface area (Å²) in [5.74, 6) is 0. The molecule has 4 aromatic heterocycles. The Kier molecular flexibility index (Phi) is 6.83. The zero-order valence-electron chi connectivity index (χ0n) is 17.4. The van der Waals surface area contributed by atoms with Crippen LogP contribution in [-0.4, -0.2) is 11.4 Å². The molecule has 0 aromatic carbocycles. The van der Waals surface area contributed by atoms with Crippen molar-refractivity contribution in [3.8, 4) is 19.5 Å². The second kappa shape index (κ2) is 9.53. The number of rotatable bonds is 4. The van der Waals surface area contributed by atoms with E-state index < -0.39 is 0 Å². The van der Waals surface area contributed by atoms with Gasteiger partial charge in [0, 0.05) is 40.4 Å².